The van der Waals surface area contributed by atoms with Gasteiger partial charge in [0, 0.05) is 10.6 Å². The smallest absolute Gasteiger partial charge is 0.340 e. The highest BCUT2D eigenvalue weighted by Crippen LogP contribution is 2.33. The van der Waals surface area contributed by atoms with Gasteiger partial charge in [-0.25, -0.2) is 4.79 Å². The van der Waals surface area contributed by atoms with Gasteiger partial charge in [0.15, 0.2) is 0 Å². The first-order valence-corrected chi connectivity index (χ1v) is 10.5. The molecule has 2 aromatic rings. The minimum absolute atomic E-state index is 0.0538. The Morgan fingerprint density at radius 3 is 2.41 bits per heavy atom. The van der Waals surface area contributed by atoms with E-state index in [1.807, 2.05) is 32.9 Å². The Morgan fingerprint density at radius 2 is 1.85 bits per heavy atom. The summed E-state index contributed by atoms with van der Waals surface area (Å²) in [4.78, 5) is 30.3. The van der Waals surface area contributed by atoms with Crippen molar-refractivity contribution in [3.05, 3.63) is 51.7 Å². The Morgan fingerprint density at radius 1 is 1.11 bits per heavy atom. The van der Waals surface area contributed by atoms with Crippen molar-refractivity contribution in [1.82, 2.24) is 4.98 Å². The Labute approximate surface area is 169 Å². The van der Waals surface area contributed by atoms with Gasteiger partial charge in [0.1, 0.15) is 0 Å². The number of esters is 1. The molecule has 0 bridgehead atoms. The third kappa shape index (κ3) is 4.71. The third-order valence-corrected chi connectivity index (χ3v) is 5.11. The van der Waals surface area contributed by atoms with E-state index in [1.54, 1.807) is 19.1 Å². The van der Waals surface area contributed by atoms with Gasteiger partial charge in [-0.3, -0.25) is 9.78 Å². The second-order valence-electron chi connectivity index (χ2n) is 5.79. The first-order chi connectivity index (χ1) is 13.0. The number of pyridine rings is 1. The van der Waals surface area contributed by atoms with Crippen LogP contribution in [0.4, 0.5) is 0 Å². The molecule has 6 heteroatoms. The van der Waals surface area contributed by atoms with Crippen molar-refractivity contribution in [3.63, 3.8) is 0 Å². The molecule has 0 aliphatic rings. The van der Waals surface area contributed by atoms with Crippen LogP contribution in [0.5, 0.6) is 0 Å². The van der Waals surface area contributed by atoms with Crippen LogP contribution in [0.15, 0.2) is 24.3 Å². The van der Waals surface area contributed by atoms with Gasteiger partial charge in [-0.2, -0.15) is 0 Å². The zero-order chi connectivity index (χ0) is 20.0. The summed E-state index contributed by atoms with van der Waals surface area (Å²) in [6, 6.07) is 7.22. The van der Waals surface area contributed by atoms with Crippen LogP contribution in [0.25, 0.3) is 11.3 Å². The summed E-state index contributed by atoms with van der Waals surface area (Å²) in [5.41, 5.74) is 3.54. The Hall–Kier alpha value is -1.85. The topological polar surface area (TPSA) is 56.3 Å². The zero-order valence-corrected chi connectivity index (χ0v) is 17.7. The van der Waals surface area contributed by atoms with Crippen molar-refractivity contribution < 1.29 is 14.3 Å². The fraction of sp³-hybridized carbons (Fsp3) is 0.381. The molecule has 0 unspecified atom stereocenters. The van der Waals surface area contributed by atoms with Gasteiger partial charge in [-0.1, -0.05) is 56.3 Å². The second kappa shape index (κ2) is 9.90. The molecule has 0 fully saturated rings. The standard InChI is InChI=1S/C21H24ClNO3S/c1-5-15-17(21(25)27-8-4)16(6-2)23-19(18(15)20(24)26-7-3)13-10-9-11-14(22)12-13/h9-12H,5-8H2,1-4H3. The summed E-state index contributed by atoms with van der Waals surface area (Å²) in [5.74, 6) is 0.200. The number of rotatable bonds is 7. The van der Waals surface area contributed by atoms with E-state index in [2.05, 4.69) is 0 Å². The van der Waals surface area contributed by atoms with E-state index >= 15 is 0 Å². The summed E-state index contributed by atoms with van der Waals surface area (Å²) in [6.45, 7) is 7.84. The van der Waals surface area contributed by atoms with Crippen molar-refractivity contribution in [2.45, 2.75) is 40.5 Å². The van der Waals surface area contributed by atoms with Crippen molar-refractivity contribution in [1.29, 1.82) is 0 Å². The summed E-state index contributed by atoms with van der Waals surface area (Å²) >= 11 is 7.39. The van der Waals surface area contributed by atoms with Gasteiger partial charge >= 0.3 is 5.97 Å². The molecule has 1 aromatic heterocycles. The SMILES string of the molecule is CCOC(=O)c1c(-c2cccc(Cl)c2)nc(CC)c(C(=O)SCC)c1CC. The van der Waals surface area contributed by atoms with Crippen LogP contribution in [-0.4, -0.2) is 28.4 Å². The molecule has 1 aromatic carbocycles. The first kappa shape index (κ1) is 21.5. The maximum absolute atomic E-state index is 12.8. The van der Waals surface area contributed by atoms with Crippen LogP contribution >= 0.6 is 23.4 Å². The lowest BCUT2D eigenvalue weighted by molar-refractivity contribution is 0.0525. The molecule has 4 nitrogen and oxygen atoms in total. The summed E-state index contributed by atoms with van der Waals surface area (Å²) in [7, 11) is 0. The summed E-state index contributed by atoms with van der Waals surface area (Å²) < 4.78 is 5.30. The lowest BCUT2D eigenvalue weighted by atomic mass is 9.93. The molecule has 0 saturated heterocycles. The van der Waals surface area contributed by atoms with E-state index < -0.39 is 5.97 Å². The van der Waals surface area contributed by atoms with Gasteiger partial charge in [-0.15, -0.1) is 0 Å². The maximum atomic E-state index is 12.8. The van der Waals surface area contributed by atoms with Crippen LogP contribution in [0.1, 0.15) is 59.7 Å². The molecule has 144 valence electrons. The predicted molar refractivity (Wildman–Crippen MR) is 112 cm³/mol. The van der Waals surface area contributed by atoms with Gasteiger partial charge < -0.3 is 4.74 Å². The molecule has 27 heavy (non-hydrogen) atoms. The lowest BCUT2D eigenvalue weighted by Gasteiger charge is -2.19. The molecule has 0 atom stereocenters. The zero-order valence-electron chi connectivity index (χ0n) is 16.1. The summed E-state index contributed by atoms with van der Waals surface area (Å²) in [5, 5.41) is 0.504. The number of halogens is 1. The monoisotopic (exact) mass is 405 g/mol. The lowest BCUT2D eigenvalue weighted by Crippen LogP contribution is -2.17. The number of ether oxygens (including phenoxy) is 1. The first-order valence-electron chi connectivity index (χ1n) is 9.14. The van der Waals surface area contributed by atoms with Gasteiger partial charge in [-0.05, 0) is 43.2 Å². The molecular weight excluding hydrogens is 382 g/mol. The fourth-order valence-corrected chi connectivity index (χ4v) is 3.85. The highest BCUT2D eigenvalue weighted by Gasteiger charge is 2.27. The van der Waals surface area contributed by atoms with Crippen LogP contribution in [-0.2, 0) is 17.6 Å². The minimum Gasteiger partial charge on any atom is -0.462 e. The van der Waals surface area contributed by atoms with E-state index in [0.717, 1.165) is 5.56 Å². The average molecular weight is 406 g/mol. The van der Waals surface area contributed by atoms with Crippen LogP contribution in [0.2, 0.25) is 5.02 Å². The van der Waals surface area contributed by atoms with E-state index in [4.69, 9.17) is 21.3 Å². The van der Waals surface area contributed by atoms with Crippen molar-refractivity contribution in [2.75, 3.05) is 12.4 Å². The number of carbonyl (C=O) groups is 2. The Kier molecular flexibility index (Phi) is 7.87. The van der Waals surface area contributed by atoms with E-state index in [0.29, 0.717) is 51.7 Å². The Bertz CT molecular complexity index is 852. The van der Waals surface area contributed by atoms with Gasteiger partial charge in [0.05, 0.1) is 29.1 Å². The number of aryl methyl sites for hydroxylation is 1. The number of hydrogen-bond acceptors (Lipinski definition) is 5. The van der Waals surface area contributed by atoms with E-state index in [9.17, 15) is 9.59 Å². The van der Waals surface area contributed by atoms with Crippen LogP contribution in [0.3, 0.4) is 0 Å². The predicted octanol–water partition coefficient (Wildman–Crippen LogP) is 5.60. The number of aromatic nitrogens is 1. The maximum Gasteiger partial charge on any atom is 0.340 e. The molecule has 0 amide bonds. The Balaban J connectivity index is 2.86. The van der Waals surface area contributed by atoms with E-state index in [1.165, 1.54) is 11.8 Å². The van der Waals surface area contributed by atoms with Crippen molar-refractivity contribution in [3.8, 4) is 11.3 Å². The summed E-state index contributed by atoms with van der Waals surface area (Å²) in [6.07, 6.45) is 1.12. The molecule has 1 heterocycles. The normalized spacial score (nSPS) is 10.7. The van der Waals surface area contributed by atoms with Crippen LogP contribution in [0, 0.1) is 0 Å². The van der Waals surface area contributed by atoms with Crippen molar-refractivity contribution in [2.24, 2.45) is 0 Å². The number of benzene rings is 1. The molecular formula is C21H24ClNO3S. The highest BCUT2D eigenvalue weighted by atomic mass is 35.5. The van der Waals surface area contributed by atoms with Crippen LogP contribution < -0.4 is 0 Å². The quantitative estimate of drug-likeness (QED) is 0.561. The van der Waals surface area contributed by atoms with Crippen molar-refractivity contribution >= 4 is 34.4 Å². The number of thioether (sulfide) groups is 1. The number of nitrogens with zero attached hydrogens (tertiary/aromatic N) is 1. The fourth-order valence-electron chi connectivity index (χ4n) is 3.01. The molecule has 2 rings (SSSR count). The highest BCUT2D eigenvalue weighted by molar-refractivity contribution is 8.14. The molecule has 0 radical (unpaired) electrons. The van der Waals surface area contributed by atoms with Gasteiger partial charge in [0.2, 0.25) is 5.12 Å². The third-order valence-electron chi connectivity index (χ3n) is 4.12. The molecule has 0 spiro atoms. The number of hydrogen-bond donors (Lipinski definition) is 0. The van der Waals surface area contributed by atoms with Gasteiger partial charge in [0.25, 0.3) is 0 Å². The number of carbonyl (C=O) groups excluding carboxylic acids is 2. The molecule has 0 saturated carbocycles. The average Bonchev–Trinajstić information content (AvgIpc) is 2.66. The second-order valence-corrected chi connectivity index (χ2v) is 7.47. The largest absolute Gasteiger partial charge is 0.462 e. The molecule has 0 aliphatic carbocycles. The van der Waals surface area contributed by atoms with E-state index in [-0.39, 0.29) is 11.7 Å². The minimum atomic E-state index is -0.463. The molecule has 0 aliphatic heterocycles. The molecule has 0 N–H and O–H groups in total.